The van der Waals surface area contributed by atoms with Crippen molar-refractivity contribution in [2.24, 2.45) is 0 Å². The molecule has 3 amide bonds. The fourth-order valence-electron chi connectivity index (χ4n) is 1.92. The molecule has 0 saturated heterocycles. The van der Waals surface area contributed by atoms with Gasteiger partial charge in [-0.3, -0.25) is 19.2 Å². The van der Waals surface area contributed by atoms with E-state index in [4.69, 9.17) is 5.11 Å². The number of aliphatic carboxylic acids is 1. The van der Waals surface area contributed by atoms with Crippen LogP contribution >= 0.6 is 0 Å². The van der Waals surface area contributed by atoms with Crippen molar-refractivity contribution in [2.75, 3.05) is 13.2 Å². The molecule has 142 valence electrons. The van der Waals surface area contributed by atoms with Gasteiger partial charge in [0, 0.05) is 6.54 Å². The number of aliphatic hydroxyl groups excluding tert-OH is 1. The van der Waals surface area contributed by atoms with Crippen molar-refractivity contribution in [1.82, 2.24) is 16.0 Å². The van der Waals surface area contributed by atoms with E-state index in [0.717, 1.165) is 0 Å². The van der Waals surface area contributed by atoms with Gasteiger partial charge in [-0.2, -0.15) is 0 Å². The first-order chi connectivity index (χ1) is 12.3. The Labute approximate surface area is 149 Å². The molecule has 0 fully saturated rings. The molecule has 0 unspecified atom stereocenters. The maximum Gasteiger partial charge on any atom is 0.305 e. The molecule has 6 N–H and O–H groups in total. The molecule has 1 aromatic rings. The minimum Gasteiger partial charge on any atom is -0.507 e. The first-order valence-electron chi connectivity index (χ1n) is 7.75. The zero-order valence-electron chi connectivity index (χ0n) is 14.1. The molecule has 10 heteroatoms. The summed E-state index contributed by atoms with van der Waals surface area (Å²) >= 11 is 0. The molecule has 0 saturated carbocycles. The molecule has 0 bridgehead atoms. The standard InChI is InChI=1S/C16H21N3O7/c1-9(14(24)17-7-6-13(22)23)18-16(26)11(8-20)19-15(25)10-4-2-3-5-12(10)21/h2-5,9,11,20-21H,6-8H2,1H3,(H,17,24)(H,18,26)(H,19,25)(H,22,23)/t9-,11+/m0/s1. The summed E-state index contributed by atoms with van der Waals surface area (Å²) in [6, 6.07) is 3.34. The first-order valence-corrected chi connectivity index (χ1v) is 7.75. The number of carbonyl (C=O) groups is 4. The number of phenolic OH excluding ortho intramolecular Hbond substituents is 1. The highest BCUT2D eigenvalue weighted by Gasteiger charge is 2.25. The molecule has 0 aromatic heterocycles. The van der Waals surface area contributed by atoms with Crippen molar-refractivity contribution in [3.8, 4) is 5.75 Å². The number of aliphatic hydroxyl groups is 1. The van der Waals surface area contributed by atoms with E-state index in [9.17, 15) is 29.4 Å². The van der Waals surface area contributed by atoms with Crippen LogP contribution in [-0.4, -0.2) is 64.2 Å². The fourth-order valence-corrected chi connectivity index (χ4v) is 1.92. The maximum atomic E-state index is 12.1. The van der Waals surface area contributed by atoms with Crippen molar-refractivity contribution in [3.05, 3.63) is 29.8 Å². The van der Waals surface area contributed by atoms with E-state index in [-0.39, 0.29) is 24.3 Å². The summed E-state index contributed by atoms with van der Waals surface area (Å²) in [5.41, 5.74) is -0.0711. The van der Waals surface area contributed by atoms with E-state index >= 15 is 0 Å². The molecule has 0 aliphatic carbocycles. The molecular formula is C16H21N3O7. The molecule has 0 heterocycles. The van der Waals surface area contributed by atoms with Crippen molar-refractivity contribution >= 4 is 23.7 Å². The van der Waals surface area contributed by atoms with E-state index in [1.807, 2.05) is 0 Å². The van der Waals surface area contributed by atoms with Gasteiger partial charge in [0.15, 0.2) is 0 Å². The highest BCUT2D eigenvalue weighted by molar-refractivity contribution is 6.00. The summed E-state index contributed by atoms with van der Waals surface area (Å²) in [6.45, 7) is 0.549. The maximum absolute atomic E-state index is 12.1. The molecule has 0 aliphatic rings. The Morgan fingerprint density at radius 2 is 1.73 bits per heavy atom. The Hall–Kier alpha value is -3.14. The van der Waals surface area contributed by atoms with Gasteiger partial charge < -0.3 is 31.3 Å². The number of hydrogen-bond donors (Lipinski definition) is 6. The van der Waals surface area contributed by atoms with Crippen LogP contribution in [0.5, 0.6) is 5.75 Å². The molecule has 1 rings (SSSR count). The first kappa shape index (κ1) is 20.9. The lowest BCUT2D eigenvalue weighted by molar-refractivity contribution is -0.137. The van der Waals surface area contributed by atoms with Crippen LogP contribution in [0.2, 0.25) is 0 Å². The summed E-state index contributed by atoms with van der Waals surface area (Å²) in [4.78, 5) is 46.3. The Balaban J connectivity index is 2.60. The van der Waals surface area contributed by atoms with Crippen LogP contribution < -0.4 is 16.0 Å². The van der Waals surface area contributed by atoms with Crippen molar-refractivity contribution in [1.29, 1.82) is 0 Å². The Bertz CT molecular complexity index is 678. The summed E-state index contributed by atoms with van der Waals surface area (Å²) in [7, 11) is 0. The smallest absolute Gasteiger partial charge is 0.305 e. The summed E-state index contributed by atoms with van der Waals surface area (Å²) in [5.74, 6) is -3.54. The second kappa shape index (κ2) is 9.99. The van der Waals surface area contributed by atoms with Gasteiger partial charge in [-0.25, -0.2) is 0 Å². The lowest BCUT2D eigenvalue weighted by Gasteiger charge is -2.19. The fraction of sp³-hybridized carbons (Fsp3) is 0.375. The van der Waals surface area contributed by atoms with Gasteiger partial charge in [0.2, 0.25) is 11.8 Å². The Morgan fingerprint density at radius 1 is 1.08 bits per heavy atom. The number of carboxylic acid groups (broad SMARTS) is 1. The minimum atomic E-state index is -1.34. The third-order valence-corrected chi connectivity index (χ3v) is 3.34. The van der Waals surface area contributed by atoms with E-state index in [0.29, 0.717) is 0 Å². The van der Waals surface area contributed by atoms with Crippen LogP contribution in [0.15, 0.2) is 24.3 Å². The summed E-state index contributed by atoms with van der Waals surface area (Å²) in [6.07, 6.45) is -0.262. The third kappa shape index (κ3) is 6.40. The largest absolute Gasteiger partial charge is 0.507 e. The zero-order valence-corrected chi connectivity index (χ0v) is 14.1. The van der Waals surface area contributed by atoms with Crippen LogP contribution in [-0.2, 0) is 14.4 Å². The van der Waals surface area contributed by atoms with Gasteiger partial charge in [-0.15, -0.1) is 0 Å². The quantitative estimate of drug-likeness (QED) is 0.311. The highest BCUT2D eigenvalue weighted by Crippen LogP contribution is 2.15. The van der Waals surface area contributed by atoms with E-state index < -0.39 is 42.4 Å². The van der Waals surface area contributed by atoms with Gasteiger partial charge in [-0.1, -0.05) is 12.1 Å². The second-order valence-electron chi connectivity index (χ2n) is 5.39. The molecule has 2 atom stereocenters. The molecule has 26 heavy (non-hydrogen) atoms. The number of para-hydroxylation sites is 1. The van der Waals surface area contributed by atoms with Gasteiger partial charge in [0.05, 0.1) is 18.6 Å². The SMILES string of the molecule is C[C@H](NC(=O)[C@@H](CO)NC(=O)c1ccccc1O)C(=O)NCCC(=O)O. The third-order valence-electron chi connectivity index (χ3n) is 3.34. The number of carbonyl (C=O) groups excluding carboxylic acids is 3. The molecule has 0 radical (unpaired) electrons. The summed E-state index contributed by atoms with van der Waals surface area (Å²) < 4.78 is 0. The number of rotatable bonds is 9. The number of hydrogen-bond acceptors (Lipinski definition) is 6. The van der Waals surface area contributed by atoms with Crippen LogP contribution in [0, 0.1) is 0 Å². The number of benzene rings is 1. The predicted molar refractivity (Wildman–Crippen MR) is 89.3 cm³/mol. The van der Waals surface area contributed by atoms with Crippen molar-refractivity contribution in [2.45, 2.75) is 25.4 Å². The van der Waals surface area contributed by atoms with Crippen LogP contribution in [0.3, 0.4) is 0 Å². The predicted octanol–water partition coefficient (Wildman–Crippen LogP) is -1.42. The van der Waals surface area contributed by atoms with E-state index in [1.165, 1.54) is 31.2 Å². The second-order valence-corrected chi connectivity index (χ2v) is 5.39. The minimum absolute atomic E-state index is 0.0711. The van der Waals surface area contributed by atoms with Crippen molar-refractivity contribution < 1.29 is 34.5 Å². The average molecular weight is 367 g/mol. The van der Waals surface area contributed by atoms with Crippen LogP contribution in [0.25, 0.3) is 0 Å². The normalized spacial score (nSPS) is 12.5. The number of amides is 3. The molecule has 0 spiro atoms. The van der Waals surface area contributed by atoms with Gasteiger partial charge >= 0.3 is 5.97 Å². The molecular weight excluding hydrogens is 346 g/mol. The zero-order chi connectivity index (χ0) is 19.7. The topological polar surface area (TPSA) is 165 Å². The Kier molecular flexibility index (Phi) is 8.03. The monoisotopic (exact) mass is 367 g/mol. The lowest BCUT2D eigenvalue weighted by Crippen LogP contribution is -2.54. The molecule has 1 aromatic carbocycles. The Morgan fingerprint density at radius 3 is 2.31 bits per heavy atom. The number of phenols is 1. The molecule has 10 nitrogen and oxygen atoms in total. The average Bonchev–Trinajstić information content (AvgIpc) is 2.59. The van der Waals surface area contributed by atoms with Gasteiger partial charge in [0.25, 0.3) is 5.91 Å². The van der Waals surface area contributed by atoms with Crippen LogP contribution in [0.4, 0.5) is 0 Å². The van der Waals surface area contributed by atoms with E-state index in [2.05, 4.69) is 16.0 Å². The van der Waals surface area contributed by atoms with Crippen molar-refractivity contribution in [3.63, 3.8) is 0 Å². The van der Waals surface area contributed by atoms with Crippen LogP contribution in [0.1, 0.15) is 23.7 Å². The highest BCUT2D eigenvalue weighted by atomic mass is 16.4. The lowest BCUT2D eigenvalue weighted by atomic mass is 10.1. The number of nitrogens with one attached hydrogen (secondary N) is 3. The summed E-state index contributed by atoms with van der Waals surface area (Å²) in [5, 5.41) is 34.3. The van der Waals surface area contributed by atoms with Gasteiger partial charge in [-0.05, 0) is 19.1 Å². The number of carboxylic acids is 1. The van der Waals surface area contributed by atoms with E-state index in [1.54, 1.807) is 0 Å². The van der Waals surface area contributed by atoms with Gasteiger partial charge in [0.1, 0.15) is 17.8 Å². The number of aromatic hydroxyl groups is 1. The molecule has 0 aliphatic heterocycles.